The zero-order valence-corrected chi connectivity index (χ0v) is 10.5. The fourth-order valence-corrected chi connectivity index (χ4v) is 1.95. The first-order valence-corrected chi connectivity index (χ1v) is 6.06. The molecule has 1 aromatic heterocycles. The number of hydrogen-bond donors (Lipinski definition) is 1. The van der Waals surface area contributed by atoms with Crippen LogP contribution in [0.4, 0.5) is 5.82 Å². The van der Waals surface area contributed by atoms with Gasteiger partial charge in [-0.05, 0) is 31.7 Å². The molecule has 0 saturated carbocycles. The van der Waals surface area contributed by atoms with E-state index in [0.717, 1.165) is 0 Å². The number of halogens is 2. The van der Waals surface area contributed by atoms with Crippen molar-refractivity contribution in [1.82, 2.24) is 9.97 Å². The van der Waals surface area contributed by atoms with E-state index in [0.29, 0.717) is 15.9 Å². The van der Waals surface area contributed by atoms with Gasteiger partial charge in [-0.25, -0.2) is 4.98 Å². The van der Waals surface area contributed by atoms with Crippen molar-refractivity contribution in [1.29, 1.82) is 0 Å². The SMILES string of the molecule is CSc1nc(Cl)nc(NC(C)C)c1Cl. The summed E-state index contributed by atoms with van der Waals surface area (Å²) in [6, 6.07) is 0.258. The van der Waals surface area contributed by atoms with E-state index < -0.39 is 0 Å². The van der Waals surface area contributed by atoms with Gasteiger partial charge < -0.3 is 5.32 Å². The summed E-state index contributed by atoms with van der Waals surface area (Å²) in [6.07, 6.45) is 1.89. The van der Waals surface area contributed by atoms with Crippen molar-refractivity contribution in [2.75, 3.05) is 11.6 Å². The fraction of sp³-hybridized carbons (Fsp3) is 0.500. The third-order valence-corrected chi connectivity index (χ3v) is 2.73. The van der Waals surface area contributed by atoms with E-state index in [1.54, 1.807) is 0 Å². The molecule has 1 rings (SSSR count). The predicted molar refractivity (Wildman–Crippen MR) is 62.6 cm³/mol. The highest BCUT2D eigenvalue weighted by atomic mass is 35.5. The molecule has 0 fully saturated rings. The van der Waals surface area contributed by atoms with Crippen molar-refractivity contribution in [2.24, 2.45) is 0 Å². The van der Waals surface area contributed by atoms with Crippen LogP contribution in [0, 0.1) is 0 Å². The Morgan fingerprint density at radius 2 is 1.93 bits per heavy atom. The molecule has 1 aromatic rings. The van der Waals surface area contributed by atoms with E-state index in [-0.39, 0.29) is 11.3 Å². The molecule has 0 aliphatic heterocycles. The second kappa shape index (κ2) is 5.05. The second-order valence-corrected chi connectivity index (χ2v) is 4.47. The monoisotopic (exact) mass is 251 g/mol. The Kier molecular flexibility index (Phi) is 4.29. The van der Waals surface area contributed by atoms with Crippen LogP contribution < -0.4 is 5.32 Å². The van der Waals surface area contributed by atoms with Crippen molar-refractivity contribution in [3.8, 4) is 0 Å². The first-order valence-electron chi connectivity index (χ1n) is 4.08. The summed E-state index contributed by atoms with van der Waals surface area (Å²) in [7, 11) is 0. The maximum atomic E-state index is 6.06. The molecule has 0 amide bonds. The van der Waals surface area contributed by atoms with Crippen LogP contribution in [0.3, 0.4) is 0 Å². The molecular formula is C8H11Cl2N3S. The number of thioether (sulfide) groups is 1. The van der Waals surface area contributed by atoms with Crippen LogP contribution >= 0.6 is 35.0 Å². The molecule has 0 saturated heterocycles. The largest absolute Gasteiger partial charge is 0.366 e. The lowest BCUT2D eigenvalue weighted by Gasteiger charge is -2.11. The molecule has 0 aliphatic rings. The second-order valence-electron chi connectivity index (χ2n) is 2.96. The Labute approximate surface area is 97.6 Å². The molecule has 0 aromatic carbocycles. The van der Waals surface area contributed by atoms with Gasteiger partial charge in [-0.3, -0.25) is 0 Å². The fourth-order valence-electron chi connectivity index (χ4n) is 0.905. The summed E-state index contributed by atoms with van der Waals surface area (Å²) in [5, 5.41) is 4.53. The molecule has 14 heavy (non-hydrogen) atoms. The molecule has 1 N–H and O–H groups in total. The van der Waals surface area contributed by atoms with E-state index >= 15 is 0 Å². The van der Waals surface area contributed by atoms with Gasteiger partial charge in [0.25, 0.3) is 0 Å². The highest BCUT2D eigenvalue weighted by Gasteiger charge is 2.11. The normalized spacial score (nSPS) is 10.7. The van der Waals surface area contributed by atoms with Gasteiger partial charge in [0, 0.05) is 6.04 Å². The number of aromatic nitrogens is 2. The standard InChI is InChI=1S/C8H11Cl2N3S/c1-4(2)11-6-5(9)7(14-3)13-8(10)12-6/h4H,1-3H3,(H,11,12,13). The van der Waals surface area contributed by atoms with Gasteiger partial charge in [-0.1, -0.05) is 11.6 Å². The highest BCUT2D eigenvalue weighted by molar-refractivity contribution is 7.98. The lowest BCUT2D eigenvalue weighted by molar-refractivity contribution is 0.880. The average Bonchev–Trinajstić information content (AvgIpc) is 2.09. The van der Waals surface area contributed by atoms with Crippen molar-refractivity contribution in [3.63, 3.8) is 0 Å². The minimum atomic E-state index is 0.210. The maximum Gasteiger partial charge on any atom is 0.225 e. The van der Waals surface area contributed by atoms with Crippen LogP contribution in [0.2, 0.25) is 10.3 Å². The zero-order valence-electron chi connectivity index (χ0n) is 8.14. The topological polar surface area (TPSA) is 37.8 Å². The number of nitrogens with zero attached hydrogens (tertiary/aromatic N) is 2. The summed E-state index contributed by atoms with van der Waals surface area (Å²) in [5.74, 6) is 0.589. The molecule has 78 valence electrons. The van der Waals surface area contributed by atoms with Gasteiger partial charge in [0.05, 0.1) is 0 Å². The van der Waals surface area contributed by atoms with Crippen LogP contribution in [-0.2, 0) is 0 Å². The van der Waals surface area contributed by atoms with Gasteiger partial charge in [0.2, 0.25) is 5.28 Å². The molecular weight excluding hydrogens is 241 g/mol. The maximum absolute atomic E-state index is 6.06. The smallest absolute Gasteiger partial charge is 0.225 e. The van der Waals surface area contributed by atoms with Crippen molar-refractivity contribution < 1.29 is 0 Å². The predicted octanol–water partition coefficient (Wildman–Crippen LogP) is 3.33. The first-order chi connectivity index (χ1) is 6.54. The van der Waals surface area contributed by atoms with E-state index in [1.165, 1.54) is 11.8 Å². The lowest BCUT2D eigenvalue weighted by Crippen LogP contribution is -2.12. The third kappa shape index (κ3) is 2.90. The molecule has 0 atom stereocenters. The zero-order chi connectivity index (χ0) is 10.7. The molecule has 0 bridgehead atoms. The lowest BCUT2D eigenvalue weighted by atomic mass is 10.4. The molecule has 0 radical (unpaired) electrons. The third-order valence-electron chi connectivity index (χ3n) is 1.41. The van der Waals surface area contributed by atoms with E-state index in [1.807, 2.05) is 20.1 Å². The van der Waals surface area contributed by atoms with Gasteiger partial charge in [0.15, 0.2) is 5.82 Å². The average molecular weight is 252 g/mol. The van der Waals surface area contributed by atoms with Crippen LogP contribution in [0.1, 0.15) is 13.8 Å². The van der Waals surface area contributed by atoms with E-state index in [9.17, 15) is 0 Å². The Morgan fingerprint density at radius 1 is 1.29 bits per heavy atom. The Hall–Kier alpha value is -0.190. The van der Waals surface area contributed by atoms with Crippen LogP contribution in [0.5, 0.6) is 0 Å². The van der Waals surface area contributed by atoms with Crippen molar-refractivity contribution >= 4 is 40.8 Å². The minimum Gasteiger partial charge on any atom is -0.366 e. The molecule has 0 unspecified atom stereocenters. The quantitative estimate of drug-likeness (QED) is 0.508. The molecule has 6 heteroatoms. The summed E-state index contributed by atoms with van der Waals surface area (Å²) >= 11 is 13.3. The van der Waals surface area contributed by atoms with Crippen molar-refractivity contribution in [3.05, 3.63) is 10.3 Å². The molecule has 3 nitrogen and oxygen atoms in total. The van der Waals surface area contributed by atoms with Crippen LogP contribution in [-0.4, -0.2) is 22.3 Å². The van der Waals surface area contributed by atoms with Gasteiger partial charge in [0.1, 0.15) is 10.0 Å². The van der Waals surface area contributed by atoms with Gasteiger partial charge >= 0.3 is 0 Å². The minimum absolute atomic E-state index is 0.210. The number of anilines is 1. The molecule has 0 spiro atoms. The van der Waals surface area contributed by atoms with Crippen LogP contribution in [0.15, 0.2) is 5.03 Å². The number of rotatable bonds is 3. The van der Waals surface area contributed by atoms with Gasteiger partial charge in [-0.15, -0.1) is 11.8 Å². The van der Waals surface area contributed by atoms with Crippen LogP contribution in [0.25, 0.3) is 0 Å². The molecule has 0 aliphatic carbocycles. The molecule has 1 heterocycles. The Bertz CT molecular complexity index is 331. The van der Waals surface area contributed by atoms with Crippen molar-refractivity contribution in [2.45, 2.75) is 24.9 Å². The number of hydrogen-bond acceptors (Lipinski definition) is 4. The first kappa shape index (κ1) is 11.9. The summed E-state index contributed by atoms with van der Waals surface area (Å²) in [4.78, 5) is 8.02. The highest BCUT2D eigenvalue weighted by Crippen LogP contribution is 2.30. The summed E-state index contributed by atoms with van der Waals surface area (Å²) in [5.41, 5.74) is 0. The number of nitrogens with one attached hydrogen (secondary N) is 1. The van der Waals surface area contributed by atoms with E-state index in [2.05, 4.69) is 15.3 Å². The Balaban J connectivity index is 3.08. The van der Waals surface area contributed by atoms with Gasteiger partial charge in [-0.2, -0.15) is 4.98 Å². The summed E-state index contributed by atoms with van der Waals surface area (Å²) in [6.45, 7) is 4.01. The Morgan fingerprint density at radius 3 is 2.43 bits per heavy atom. The van der Waals surface area contributed by atoms with E-state index in [4.69, 9.17) is 23.2 Å². The summed E-state index contributed by atoms with van der Waals surface area (Å²) < 4.78 is 0.